The van der Waals surface area contributed by atoms with E-state index in [0.29, 0.717) is 0 Å². The van der Waals surface area contributed by atoms with Crippen LogP contribution in [0.3, 0.4) is 0 Å². The largest absolute Gasteiger partial charge is 0.353 e. The Morgan fingerprint density at radius 3 is 1.11 bits per heavy atom. The van der Waals surface area contributed by atoms with Crippen LogP contribution in [-0.2, 0) is 30.4 Å². The molecule has 0 bridgehead atoms. The summed E-state index contributed by atoms with van der Waals surface area (Å²) in [5.74, 6) is 0. The fraction of sp³-hybridized carbons (Fsp3) is 0.333. The van der Waals surface area contributed by atoms with E-state index in [1.807, 2.05) is 24.8 Å². The van der Waals surface area contributed by atoms with E-state index < -0.39 is 12.2 Å². The number of nitrogens with zero attached hydrogens (tertiary/aromatic N) is 4. The number of aromatic nitrogens is 4. The van der Waals surface area contributed by atoms with Crippen LogP contribution in [-0.4, -0.2) is 19.9 Å². The molecule has 5 nitrogen and oxygen atoms in total. The second kappa shape index (κ2) is 19.2. The Morgan fingerprint density at radius 2 is 0.792 bits per heavy atom. The first-order chi connectivity index (χ1) is 26.1. The third-order valence-corrected chi connectivity index (χ3v) is 10.2. The lowest BCUT2D eigenvalue weighted by atomic mass is 10.0. The summed E-state index contributed by atoms with van der Waals surface area (Å²) in [6.45, 7) is 8.83. The van der Waals surface area contributed by atoms with E-state index in [1.165, 1.54) is 60.8 Å². The molecule has 53 heavy (non-hydrogen) atoms. The van der Waals surface area contributed by atoms with Crippen molar-refractivity contribution in [3.8, 4) is 22.5 Å². The molecule has 0 saturated heterocycles. The quantitative estimate of drug-likeness (QED) is 0.0834. The zero-order valence-corrected chi connectivity index (χ0v) is 32.0. The number of unbranched alkanes of at least 4 members (excludes halogenated alkanes) is 4. The molecule has 2 heterocycles. The number of hydrogen-bond acceptors (Lipinski definition) is 5. The van der Waals surface area contributed by atoms with Crippen molar-refractivity contribution in [2.45, 2.75) is 104 Å². The van der Waals surface area contributed by atoms with E-state index in [1.54, 1.807) is 0 Å². The van der Waals surface area contributed by atoms with Gasteiger partial charge in [0.15, 0.2) is 0 Å². The third-order valence-electron chi connectivity index (χ3n) is 10.2. The molecular formula is C48H54N4O. The smallest absolute Gasteiger partial charge is 0.127 e. The van der Waals surface area contributed by atoms with E-state index in [9.17, 15) is 0 Å². The Labute approximate surface area is 317 Å². The Morgan fingerprint density at radius 1 is 0.415 bits per heavy atom. The molecule has 0 spiro atoms. The van der Waals surface area contributed by atoms with Crippen LogP contribution in [0, 0.1) is 0 Å². The van der Waals surface area contributed by atoms with Crippen molar-refractivity contribution in [2.75, 3.05) is 0 Å². The second-order valence-corrected chi connectivity index (χ2v) is 14.0. The number of rotatable bonds is 18. The van der Waals surface area contributed by atoms with Gasteiger partial charge >= 0.3 is 0 Å². The molecule has 6 rings (SSSR count). The van der Waals surface area contributed by atoms with Crippen LogP contribution >= 0.6 is 0 Å². The predicted octanol–water partition coefficient (Wildman–Crippen LogP) is 12.1. The summed E-state index contributed by atoms with van der Waals surface area (Å²) in [6.07, 6.45) is 18.1. The normalized spacial score (nSPS) is 12.5. The summed E-state index contributed by atoms with van der Waals surface area (Å²) in [5.41, 5.74) is 12.6. The lowest BCUT2D eigenvalue weighted by molar-refractivity contribution is 0.0258. The fourth-order valence-corrected chi connectivity index (χ4v) is 6.72. The lowest BCUT2D eigenvalue weighted by Crippen LogP contribution is -2.16. The Kier molecular flexibility index (Phi) is 13.7. The van der Waals surface area contributed by atoms with E-state index in [4.69, 9.17) is 24.7 Å². The molecule has 272 valence electrons. The average molecular weight is 703 g/mol. The molecule has 0 aliphatic rings. The molecule has 0 aliphatic heterocycles. The molecule has 0 radical (unpaired) electrons. The van der Waals surface area contributed by atoms with Gasteiger partial charge in [0.25, 0.3) is 0 Å². The minimum Gasteiger partial charge on any atom is -0.353 e. The van der Waals surface area contributed by atoms with Gasteiger partial charge in [0.05, 0.1) is 47.6 Å². The summed E-state index contributed by atoms with van der Waals surface area (Å²) in [5, 5.41) is 0. The highest BCUT2D eigenvalue weighted by molar-refractivity contribution is 5.59. The zero-order chi connectivity index (χ0) is 36.8. The van der Waals surface area contributed by atoms with Crippen LogP contribution < -0.4 is 0 Å². The van der Waals surface area contributed by atoms with Crippen molar-refractivity contribution in [3.05, 3.63) is 167 Å². The SMILES string of the molecule is CCCCCc1ccc(-c2cnc(C(OC(c3ccc(CC)cc3)c3cnc(-c4ccc(CCCCC)cc4)cn3)c3ccc(CC)cc3)cn2)cc1. The lowest BCUT2D eigenvalue weighted by Gasteiger charge is -2.25. The molecular weight excluding hydrogens is 649 g/mol. The average Bonchev–Trinajstić information content (AvgIpc) is 3.22. The molecule has 5 heteroatoms. The summed E-state index contributed by atoms with van der Waals surface area (Å²) >= 11 is 0. The highest BCUT2D eigenvalue weighted by Crippen LogP contribution is 2.35. The van der Waals surface area contributed by atoms with E-state index >= 15 is 0 Å². The fourth-order valence-electron chi connectivity index (χ4n) is 6.72. The van der Waals surface area contributed by atoms with Gasteiger partial charge in [0.2, 0.25) is 0 Å². The van der Waals surface area contributed by atoms with Crippen LogP contribution in [0.4, 0.5) is 0 Å². The van der Waals surface area contributed by atoms with Crippen molar-refractivity contribution in [1.29, 1.82) is 0 Å². The van der Waals surface area contributed by atoms with Gasteiger partial charge < -0.3 is 4.74 Å². The molecule has 0 saturated carbocycles. The highest BCUT2D eigenvalue weighted by Gasteiger charge is 2.26. The maximum Gasteiger partial charge on any atom is 0.127 e. The molecule has 2 aromatic heterocycles. The molecule has 0 amide bonds. The van der Waals surface area contributed by atoms with Crippen molar-refractivity contribution in [3.63, 3.8) is 0 Å². The van der Waals surface area contributed by atoms with Crippen molar-refractivity contribution in [2.24, 2.45) is 0 Å². The van der Waals surface area contributed by atoms with Crippen LogP contribution in [0.5, 0.6) is 0 Å². The molecule has 4 aromatic carbocycles. The highest BCUT2D eigenvalue weighted by atomic mass is 16.5. The van der Waals surface area contributed by atoms with Gasteiger partial charge in [0, 0.05) is 11.1 Å². The molecule has 6 aromatic rings. The Bertz CT molecular complexity index is 1810. The molecule has 2 unspecified atom stereocenters. The molecule has 2 atom stereocenters. The van der Waals surface area contributed by atoms with Gasteiger partial charge in [-0.25, -0.2) is 0 Å². The predicted molar refractivity (Wildman–Crippen MR) is 218 cm³/mol. The minimum absolute atomic E-state index is 0.485. The van der Waals surface area contributed by atoms with Gasteiger partial charge in [-0.1, -0.05) is 150 Å². The summed E-state index contributed by atoms with van der Waals surface area (Å²) < 4.78 is 7.15. The van der Waals surface area contributed by atoms with Crippen molar-refractivity contribution in [1.82, 2.24) is 19.9 Å². The summed E-state index contributed by atoms with van der Waals surface area (Å²) in [4.78, 5) is 19.8. The van der Waals surface area contributed by atoms with Crippen LogP contribution in [0.1, 0.15) is 123 Å². The number of aryl methyl sites for hydroxylation is 4. The minimum atomic E-state index is -0.485. The van der Waals surface area contributed by atoms with E-state index in [-0.39, 0.29) is 0 Å². The molecule has 0 fully saturated rings. The van der Waals surface area contributed by atoms with Crippen LogP contribution in [0.15, 0.2) is 122 Å². The molecule has 0 N–H and O–H groups in total. The van der Waals surface area contributed by atoms with Crippen LogP contribution in [0.25, 0.3) is 22.5 Å². The first-order valence-corrected chi connectivity index (χ1v) is 19.7. The second-order valence-electron chi connectivity index (χ2n) is 14.0. The zero-order valence-electron chi connectivity index (χ0n) is 32.0. The topological polar surface area (TPSA) is 60.8 Å². The first kappa shape index (κ1) is 37.7. The number of hydrogen-bond donors (Lipinski definition) is 0. The first-order valence-electron chi connectivity index (χ1n) is 19.7. The Balaban J connectivity index is 1.30. The third kappa shape index (κ3) is 10.1. The summed E-state index contributed by atoms with van der Waals surface area (Å²) in [7, 11) is 0. The van der Waals surface area contributed by atoms with Crippen molar-refractivity contribution < 1.29 is 4.74 Å². The van der Waals surface area contributed by atoms with Gasteiger partial charge in [-0.2, -0.15) is 0 Å². The van der Waals surface area contributed by atoms with E-state index in [0.717, 1.165) is 70.7 Å². The van der Waals surface area contributed by atoms with E-state index in [2.05, 4.69) is 125 Å². The number of benzene rings is 4. The van der Waals surface area contributed by atoms with Gasteiger partial charge in [-0.3, -0.25) is 19.9 Å². The van der Waals surface area contributed by atoms with Gasteiger partial charge in [0.1, 0.15) is 12.2 Å². The standard InChI is InChI=1S/C48H54N4O/c1-5-9-11-13-37-19-23-39(24-20-37)43-31-51-45(33-49-43)47(41-27-15-35(7-3)16-28-41)53-48(42-29-17-36(8-4)18-30-42)46-34-50-44(32-52-46)40-25-21-38(22-26-40)14-12-10-6-2/h15-34,47-48H,5-14H2,1-4H3. The maximum absolute atomic E-state index is 7.15. The summed E-state index contributed by atoms with van der Waals surface area (Å²) in [6, 6.07) is 34.8. The molecule has 0 aliphatic carbocycles. The van der Waals surface area contributed by atoms with Crippen LogP contribution in [0.2, 0.25) is 0 Å². The van der Waals surface area contributed by atoms with Gasteiger partial charge in [-0.05, 0) is 71.9 Å². The number of ether oxygens (including phenoxy) is 1. The Hall–Kier alpha value is -5.00. The van der Waals surface area contributed by atoms with Crippen molar-refractivity contribution >= 4 is 0 Å². The monoisotopic (exact) mass is 702 g/mol. The van der Waals surface area contributed by atoms with Gasteiger partial charge in [-0.15, -0.1) is 0 Å². The maximum atomic E-state index is 7.15.